The maximum Gasteiger partial charge on any atom is 0.160 e. The molecule has 0 aromatic rings. The highest BCUT2D eigenvalue weighted by molar-refractivity contribution is 4.98. The first-order valence-corrected chi connectivity index (χ1v) is 5.50. The van der Waals surface area contributed by atoms with Gasteiger partial charge in [0.2, 0.25) is 0 Å². The zero-order chi connectivity index (χ0) is 9.00. The Bertz CT molecular complexity index is 214. The summed E-state index contributed by atoms with van der Waals surface area (Å²) < 4.78 is 11.4. The van der Waals surface area contributed by atoms with Gasteiger partial charge in [-0.25, -0.2) is 0 Å². The Morgan fingerprint density at radius 3 is 2.62 bits per heavy atom. The standard InChI is InChI=1S/C11H18O2/c1-6(2)10-7-3-8-9(10)5-13-11(8)12-4-7/h6-11H,3-5H2,1-2H3. The number of ether oxygens (including phenoxy) is 2. The van der Waals surface area contributed by atoms with Crippen LogP contribution in [0.2, 0.25) is 0 Å². The first kappa shape index (κ1) is 8.25. The molecule has 2 nitrogen and oxygen atoms in total. The van der Waals surface area contributed by atoms with Crippen molar-refractivity contribution in [3.8, 4) is 0 Å². The number of rotatable bonds is 1. The lowest BCUT2D eigenvalue weighted by atomic mass is 9.81. The molecule has 2 bridgehead atoms. The van der Waals surface area contributed by atoms with Crippen molar-refractivity contribution < 1.29 is 9.47 Å². The Balaban J connectivity index is 1.90. The Morgan fingerprint density at radius 2 is 1.85 bits per heavy atom. The van der Waals surface area contributed by atoms with Gasteiger partial charge in [-0.05, 0) is 30.1 Å². The summed E-state index contributed by atoms with van der Waals surface area (Å²) in [6.45, 7) is 6.59. The van der Waals surface area contributed by atoms with Crippen LogP contribution in [-0.2, 0) is 9.47 Å². The van der Waals surface area contributed by atoms with Crippen LogP contribution in [0.3, 0.4) is 0 Å². The summed E-state index contributed by atoms with van der Waals surface area (Å²) in [4.78, 5) is 0. The molecule has 0 amide bonds. The summed E-state index contributed by atoms with van der Waals surface area (Å²) in [6.07, 6.45) is 1.52. The van der Waals surface area contributed by atoms with E-state index in [4.69, 9.17) is 9.47 Å². The average molecular weight is 182 g/mol. The van der Waals surface area contributed by atoms with E-state index in [1.165, 1.54) is 6.42 Å². The molecule has 13 heavy (non-hydrogen) atoms. The molecular weight excluding hydrogens is 164 g/mol. The van der Waals surface area contributed by atoms with Crippen LogP contribution in [0.4, 0.5) is 0 Å². The maximum absolute atomic E-state index is 5.71. The molecule has 5 atom stereocenters. The molecule has 3 aliphatic rings. The van der Waals surface area contributed by atoms with Gasteiger partial charge in [0.15, 0.2) is 6.29 Å². The van der Waals surface area contributed by atoms with Crippen LogP contribution in [0.1, 0.15) is 20.3 Å². The molecule has 74 valence electrons. The first-order chi connectivity index (χ1) is 6.27. The second-order valence-electron chi connectivity index (χ2n) is 5.18. The first-order valence-electron chi connectivity index (χ1n) is 5.50. The van der Waals surface area contributed by atoms with Crippen molar-refractivity contribution in [1.82, 2.24) is 0 Å². The molecule has 0 aromatic heterocycles. The Morgan fingerprint density at radius 1 is 1.08 bits per heavy atom. The quantitative estimate of drug-likeness (QED) is 0.616. The topological polar surface area (TPSA) is 18.5 Å². The van der Waals surface area contributed by atoms with Crippen molar-refractivity contribution in [1.29, 1.82) is 0 Å². The van der Waals surface area contributed by atoms with E-state index >= 15 is 0 Å². The van der Waals surface area contributed by atoms with Crippen molar-refractivity contribution in [2.24, 2.45) is 29.6 Å². The van der Waals surface area contributed by atoms with Crippen LogP contribution >= 0.6 is 0 Å². The normalized spacial score (nSPS) is 53.3. The summed E-state index contributed by atoms with van der Waals surface area (Å²) in [5.74, 6) is 4.01. The van der Waals surface area contributed by atoms with E-state index in [1.54, 1.807) is 0 Å². The molecular formula is C11H18O2. The van der Waals surface area contributed by atoms with E-state index in [0.29, 0.717) is 0 Å². The molecule has 0 spiro atoms. The molecule has 3 rings (SSSR count). The maximum atomic E-state index is 5.71. The molecule has 0 N–H and O–H groups in total. The SMILES string of the molecule is CC(C)C1C2COC3OCC1C3C2. The van der Waals surface area contributed by atoms with Gasteiger partial charge < -0.3 is 9.47 Å². The molecule has 2 heterocycles. The molecule has 2 aliphatic heterocycles. The van der Waals surface area contributed by atoms with Crippen LogP contribution < -0.4 is 0 Å². The fourth-order valence-corrected chi connectivity index (χ4v) is 3.80. The third kappa shape index (κ3) is 1.02. The van der Waals surface area contributed by atoms with Gasteiger partial charge >= 0.3 is 0 Å². The second-order valence-corrected chi connectivity index (χ2v) is 5.18. The van der Waals surface area contributed by atoms with Gasteiger partial charge in [-0.2, -0.15) is 0 Å². The fraction of sp³-hybridized carbons (Fsp3) is 1.00. The molecule has 5 unspecified atom stereocenters. The van der Waals surface area contributed by atoms with E-state index in [2.05, 4.69) is 13.8 Å². The van der Waals surface area contributed by atoms with Crippen molar-refractivity contribution >= 4 is 0 Å². The van der Waals surface area contributed by atoms with Crippen LogP contribution in [-0.4, -0.2) is 19.5 Å². The molecule has 1 aliphatic carbocycles. The largest absolute Gasteiger partial charge is 0.352 e. The lowest BCUT2D eigenvalue weighted by molar-refractivity contribution is -0.166. The molecule has 0 radical (unpaired) electrons. The third-order valence-electron chi connectivity index (χ3n) is 4.21. The Kier molecular flexibility index (Phi) is 1.72. The minimum absolute atomic E-state index is 0.157. The molecule has 3 fully saturated rings. The van der Waals surface area contributed by atoms with E-state index in [-0.39, 0.29) is 6.29 Å². The molecule has 0 aromatic carbocycles. The average Bonchev–Trinajstić information content (AvgIpc) is 2.54. The predicted molar refractivity (Wildman–Crippen MR) is 49.1 cm³/mol. The van der Waals surface area contributed by atoms with Crippen LogP contribution in [0.15, 0.2) is 0 Å². The smallest absolute Gasteiger partial charge is 0.160 e. The van der Waals surface area contributed by atoms with E-state index in [9.17, 15) is 0 Å². The van der Waals surface area contributed by atoms with Gasteiger partial charge in [-0.3, -0.25) is 0 Å². The van der Waals surface area contributed by atoms with E-state index < -0.39 is 0 Å². The highest BCUT2D eigenvalue weighted by Crippen LogP contribution is 2.53. The summed E-state index contributed by atoms with van der Waals surface area (Å²) in [7, 11) is 0. The monoisotopic (exact) mass is 182 g/mol. The summed E-state index contributed by atoms with van der Waals surface area (Å²) in [5, 5.41) is 0. The highest BCUT2D eigenvalue weighted by Gasteiger charge is 2.54. The number of hydrogen-bond donors (Lipinski definition) is 0. The van der Waals surface area contributed by atoms with Crippen LogP contribution in [0, 0.1) is 29.6 Å². The fourth-order valence-electron chi connectivity index (χ4n) is 3.80. The third-order valence-corrected chi connectivity index (χ3v) is 4.21. The molecule has 2 saturated heterocycles. The van der Waals surface area contributed by atoms with E-state index in [0.717, 1.165) is 42.8 Å². The van der Waals surface area contributed by atoms with Gasteiger partial charge in [0, 0.05) is 5.92 Å². The number of fused-ring (bicyclic) bond motifs is 1. The van der Waals surface area contributed by atoms with Gasteiger partial charge in [0.1, 0.15) is 0 Å². The minimum atomic E-state index is 0.157. The van der Waals surface area contributed by atoms with E-state index in [1.807, 2.05) is 0 Å². The van der Waals surface area contributed by atoms with Crippen molar-refractivity contribution in [3.63, 3.8) is 0 Å². The molecule has 2 heteroatoms. The van der Waals surface area contributed by atoms with Crippen molar-refractivity contribution in [2.75, 3.05) is 13.2 Å². The van der Waals surface area contributed by atoms with Crippen molar-refractivity contribution in [3.05, 3.63) is 0 Å². The van der Waals surface area contributed by atoms with Gasteiger partial charge in [-0.1, -0.05) is 13.8 Å². The zero-order valence-corrected chi connectivity index (χ0v) is 8.40. The van der Waals surface area contributed by atoms with Gasteiger partial charge in [0.25, 0.3) is 0 Å². The van der Waals surface area contributed by atoms with Crippen LogP contribution in [0.25, 0.3) is 0 Å². The highest BCUT2D eigenvalue weighted by atomic mass is 16.7. The predicted octanol–water partition coefficient (Wildman–Crippen LogP) is 1.90. The zero-order valence-electron chi connectivity index (χ0n) is 8.40. The van der Waals surface area contributed by atoms with Gasteiger partial charge in [-0.15, -0.1) is 0 Å². The minimum Gasteiger partial charge on any atom is -0.352 e. The lowest BCUT2D eigenvalue weighted by Crippen LogP contribution is -2.30. The Labute approximate surface area is 79.6 Å². The Hall–Kier alpha value is -0.0800. The van der Waals surface area contributed by atoms with Crippen LogP contribution in [0.5, 0.6) is 0 Å². The summed E-state index contributed by atoms with van der Waals surface area (Å²) >= 11 is 0. The van der Waals surface area contributed by atoms with Gasteiger partial charge in [0.05, 0.1) is 13.2 Å². The second kappa shape index (κ2) is 2.71. The summed E-state index contributed by atoms with van der Waals surface area (Å²) in [5.41, 5.74) is 0. The number of hydrogen-bond acceptors (Lipinski definition) is 2. The lowest BCUT2D eigenvalue weighted by Gasteiger charge is -2.29. The van der Waals surface area contributed by atoms with Crippen molar-refractivity contribution in [2.45, 2.75) is 26.6 Å². The summed E-state index contributed by atoms with van der Waals surface area (Å²) in [6, 6.07) is 0. The molecule has 1 saturated carbocycles.